The smallest absolute Gasteiger partial charge is 0.268 e. The van der Waals surface area contributed by atoms with Crippen molar-refractivity contribution in [1.82, 2.24) is 23.4 Å². The number of halogens is 4. The Morgan fingerprint density at radius 1 is 1.31 bits per heavy atom. The van der Waals surface area contributed by atoms with E-state index in [1.54, 1.807) is 18.6 Å². The Morgan fingerprint density at radius 3 is 2.38 bits per heavy atom. The Kier molecular flexibility index (Phi) is 6.45. The van der Waals surface area contributed by atoms with E-state index in [2.05, 4.69) is 5.10 Å². The molecule has 9 nitrogen and oxygen atoms in total. The molecule has 0 radical (unpaired) electrons. The number of amides is 1. The Balaban J connectivity index is 2.55. The lowest BCUT2D eigenvalue weighted by molar-refractivity contribution is 0.0639. The molecule has 0 fully saturated rings. The molecule has 0 saturated heterocycles. The highest BCUT2D eigenvalue weighted by Crippen LogP contribution is 2.23. The van der Waals surface area contributed by atoms with Crippen molar-refractivity contribution < 1.29 is 26.4 Å². The quantitative estimate of drug-likeness (QED) is 0.715. The van der Waals surface area contributed by atoms with Crippen molar-refractivity contribution in [2.75, 3.05) is 7.05 Å². The minimum Gasteiger partial charge on any atom is -0.268 e. The first-order chi connectivity index (χ1) is 13.3. The molecule has 2 rings (SSSR count). The van der Waals surface area contributed by atoms with Gasteiger partial charge in [0.1, 0.15) is 11.5 Å². The number of rotatable bonds is 6. The molecule has 0 bridgehead atoms. The maximum Gasteiger partial charge on any atom is 0.355 e. The second-order valence-electron chi connectivity index (χ2n) is 6.22. The molecule has 0 aliphatic carbocycles. The van der Waals surface area contributed by atoms with Crippen molar-refractivity contribution in [3.63, 3.8) is 0 Å². The SMILES string of the molecule is Cc1nn(-c2cc(C(=O)NS(=O)(=O)N(C)C(C)C)c(Cl)cc2F)c(=O)n1C(F)F. The van der Waals surface area contributed by atoms with E-state index in [-0.39, 0.29) is 4.57 Å². The summed E-state index contributed by atoms with van der Waals surface area (Å²) in [5.74, 6) is -2.73. The minimum atomic E-state index is -4.24. The normalized spacial score (nSPS) is 12.2. The van der Waals surface area contributed by atoms with Crippen LogP contribution in [0, 0.1) is 12.7 Å². The minimum absolute atomic E-state index is 0.0237. The highest BCUT2D eigenvalue weighted by molar-refractivity contribution is 7.87. The van der Waals surface area contributed by atoms with Gasteiger partial charge in [-0.05, 0) is 32.9 Å². The van der Waals surface area contributed by atoms with Crippen molar-refractivity contribution in [3.8, 4) is 5.69 Å². The van der Waals surface area contributed by atoms with Gasteiger partial charge in [0.05, 0.1) is 10.6 Å². The first-order valence-electron chi connectivity index (χ1n) is 8.03. The molecular formula is C15H17ClF3N5O4S. The Hall–Kier alpha value is -2.38. The second kappa shape index (κ2) is 8.16. The summed E-state index contributed by atoms with van der Waals surface area (Å²) in [4.78, 5) is 24.5. The number of hydrogen-bond acceptors (Lipinski definition) is 5. The van der Waals surface area contributed by atoms with E-state index in [9.17, 15) is 31.2 Å². The summed E-state index contributed by atoms with van der Waals surface area (Å²) in [6.07, 6.45) is 0. The fraction of sp³-hybridized carbons (Fsp3) is 0.400. The average molecular weight is 456 g/mol. The first kappa shape index (κ1) is 22.9. The van der Waals surface area contributed by atoms with Gasteiger partial charge in [0.2, 0.25) is 0 Å². The lowest BCUT2D eigenvalue weighted by Gasteiger charge is -2.21. The zero-order valence-corrected chi connectivity index (χ0v) is 17.2. The number of benzene rings is 1. The van der Waals surface area contributed by atoms with E-state index in [0.717, 1.165) is 17.3 Å². The molecule has 14 heteroatoms. The molecule has 1 amide bonds. The molecule has 0 aliphatic rings. The molecule has 1 heterocycles. The Labute approximate surface area is 168 Å². The highest BCUT2D eigenvalue weighted by Gasteiger charge is 2.27. The van der Waals surface area contributed by atoms with Crippen LogP contribution in [0.1, 0.15) is 36.6 Å². The highest BCUT2D eigenvalue weighted by atomic mass is 35.5. The van der Waals surface area contributed by atoms with Crippen molar-refractivity contribution in [3.05, 3.63) is 44.8 Å². The zero-order valence-electron chi connectivity index (χ0n) is 15.7. The van der Waals surface area contributed by atoms with Crippen LogP contribution < -0.4 is 10.4 Å². The van der Waals surface area contributed by atoms with Gasteiger partial charge in [-0.1, -0.05) is 11.6 Å². The fourth-order valence-electron chi connectivity index (χ4n) is 2.25. The molecule has 1 aromatic heterocycles. The molecule has 0 aliphatic heterocycles. The summed E-state index contributed by atoms with van der Waals surface area (Å²) in [6, 6.07) is 0.925. The number of hydrogen-bond donors (Lipinski definition) is 1. The van der Waals surface area contributed by atoms with Crippen LogP contribution in [0.4, 0.5) is 13.2 Å². The van der Waals surface area contributed by atoms with Gasteiger partial charge < -0.3 is 0 Å². The zero-order chi connectivity index (χ0) is 22.3. The monoisotopic (exact) mass is 455 g/mol. The van der Waals surface area contributed by atoms with Crippen molar-refractivity contribution in [2.45, 2.75) is 33.4 Å². The number of alkyl halides is 2. The number of nitrogens with zero attached hydrogens (tertiary/aromatic N) is 4. The number of aromatic nitrogens is 3. The van der Waals surface area contributed by atoms with Crippen LogP contribution >= 0.6 is 11.6 Å². The number of carbonyl (C=O) groups excluding carboxylic acids is 1. The molecule has 160 valence electrons. The van der Waals surface area contributed by atoms with E-state index in [4.69, 9.17) is 11.6 Å². The number of aryl methyl sites for hydroxylation is 1. The maximum atomic E-state index is 14.3. The lowest BCUT2D eigenvalue weighted by Crippen LogP contribution is -2.44. The Bertz CT molecular complexity index is 1110. The summed E-state index contributed by atoms with van der Waals surface area (Å²) in [5, 5.41) is 3.11. The largest absolute Gasteiger partial charge is 0.355 e. The second-order valence-corrected chi connectivity index (χ2v) is 8.36. The van der Waals surface area contributed by atoms with E-state index in [1.807, 2.05) is 0 Å². The standard InChI is InChI=1S/C15H17ClF3N5O4S/c1-7(2)22(4)29(27,28)21-13(25)9-5-12(11(17)6-10(9)16)24-15(26)23(14(18)19)8(3)20-24/h5-7,14H,1-4H3,(H,21,25). The van der Waals surface area contributed by atoms with E-state index < -0.39 is 62.3 Å². The van der Waals surface area contributed by atoms with Gasteiger partial charge in [0, 0.05) is 13.1 Å². The predicted molar refractivity (Wildman–Crippen MR) is 98.1 cm³/mol. The van der Waals surface area contributed by atoms with Gasteiger partial charge in [-0.3, -0.25) is 4.79 Å². The topological polar surface area (TPSA) is 106 Å². The fourth-order valence-corrected chi connectivity index (χ4v) is 3.53. The Morgan fingerprint density at radius 2 is 1.90 bits per heavy atom. The molecule has 0 saturated carbocycles. The number of carbonyl (C=O) groups is 1. The average Bonchev–Trinajstić information content (AvgIpc) is 2.87. The maximum absolute atomic E-state index is 14.3. The molecular weight excluding hydrogens is 439 g/mol. The van der Waals surface area contributed by atoms with Crippen molar-refractivity contribution in [1.29, 1.82) is 0 Å². The summed E-state index contributed by atoms with van der Waals surface area (Å²) in [6.45, 7) is 1.03. The molecule has 0 spiro atoms. The van der Waals surface area contributed by atoms with Crippen LogP contribution in [0.15, 0.2) is 16.9 Å². The van der Waals surface area contributed by atoms with Gasteiger partial charge in [-0.2, -0.15) is 26.2 Å². The third kappa shape index (κ3) is 4.46. The van der Waals surface area contributed by atoms with Crippen LogP contribution in [0.2, 0.25) is 5.02 Å². The first-order valence-corrected chi connectivity index (χ1v) is 9.85. The van der Waals surface area contributed by atoms with Crippen LogP contribution in [0.3, 0.4) is 0 Å². The van der Waals surface area contributed by atoms with Crippen molar-refractivity contribution >= 4 is 27.7 Å². The summed E-state index contributed by atoms with van der Waals surface area (Å²) < 4.78 is 67.7. The summed E-state index contributed by atoms with van der Waals surface area (Å²) in [7, 11) is -3.01. The molecule has 29 heavy (non-hydrogen) atoms. The molecule has 0 unspecified atom stereocenters. The van der Waals surface area contributed by atoms with E-state index >= 15 is 0 Å². The molecule has 1 aromatic carbocycles. The van der Waals surface area contributed by atoms with E-state index in [1.165, 1.54) is 7.05 Å². The molecule has 1 N–H and O–H groups in total. The van der Waals surface area contributed by atoms with Crippen LogP contribution in [0.5, 0.6) is 0 Å². The van der Waals surface area contributed by atoms with Crippen LogP contribution in [-0.4, -0.2) is 46.1 Å². The van der Waals surface area contributed by atoms with Crippen LogP contribution in [-0.2, 0) is 10.2 Å². The third-order valence-corrected chi connectivity index (χ3v) is 5.95. The van der Waals surface area contributed by atoms with Gasteiger partial charge in [0.25, 0.3) is 5.91 Å². The van der Waals surface area contributed by atoms with Gasteiger partial charge in [-0.15, -0.1) is 5.10 Å². The molecule has 2 aromatic rings. The lowest BCUT2D eigenvalue weighted by atomic mass is 10.2. The molecule has 0 atom stereocenters. The summed E-state index contributed by atoms with van der Waals surface area (Å²) in [5.41, 5.74) is -2.50. The van der Waals surface area contributed by atoms with Crippen molar-refractivity contribution in [2.24, 2.45) is 0 Å². The predicted octanol–water partition coefficient (Wildman–Crippen LogP) is 1.84. The third-order valence-electron chi connectivity index (χ3n) is 4.01. The van der Waals surface area contributed by atoms with E-state index in [0.29, 0.717) is 10.7 Å². The van der Waals surface area contributed by atoms with Gasteiger partial charge in [0.15, 0.2) is 5.82 Å². The van der Waals surface area contributed by atoms with Crippen LogP contribution in [0.25, 0.3) is 5.69 Å². The summed E-state index contributed by atoms with van der Waals surface area (Å²) >= 11 is 5.84. The van der Waals surface area contributed by atoms with Gasteiger partial charge >= 0.3 is 22.4 Å². The van der Waals surface area contributed by atoms with Gasteiger partial charge in [-0.25, -0.2) is 18.5 Å². The number of nitrogens with one attached hydrogen (secondary N) is 1.